The van der Waals surface area contributed by atoms with Crippen molar-refractivity contribution in [2.24, 2.45) is 0 Å². The SMILES string of the molecule is Cc1ccc(C)c(S(=O)(=O)N2CCN(C(=O)Cc3ccc(Br)cc3)CC2)c1. The highest BCUT2D eigenvalue weighted by molar-refractivity contribution is 9.10. The van der Waals surface area contributed by atoms with Crippen molar-refractivity contribution in [2.75, 3.05) is 26.2 Å². The van der Waals surface area contributed by atoms with Gasteiger partial charge in [0.25, 0.3) is 0 Å². The molecule has 0 unspecified atom stereocenters. The van der Waals surface area contributed by atoms with Gasteiger partial charge >= 0.3 is 0 Å². The summed E-state index contributed by atoms with van der Waals surface area (Å²) in [6.07, 6.45) is 0.330. The van der Waals surface area contributed by atoms with E-state index in [1.807, 2.05) is 50.2 Å². The molecule has 0 N–H and O–H groups in total. The standard InChI is InChI=1S/C20H23BrN2O3S/c1-15-3-4-16(2)19(13-15)27(25,26)23-11-9-22(10-12-23)20(24)14-17-5-7-18(21)8-6-17/h3-8,13H,9-12,14H2,1-2H3. The molecule has 1 fully saturated rings. The number of halogens is 1. The second-order valence-electron chi connectivity index (χ2n) is 6.86. The molecule has 0 radical (unpaired) electrons. The normalized spacial score (nSPS) is 15.7. The van der Waals surface area contributed by atoms with Crippen LogP contribution in [0.2, 0.25) is 0 Å². The number of carbonyl (C=O) groups excluding carboxylic acids is 1. The Labute approximate surface area is 169 Å². The second-order valence-corrected chi connectivity index (χ2v) is 9.68. The first-order chi connectivity index (χ1) is 12.8. The largest absolute Gasteiger partial charge is 0.340 e. The van der Waals surface area contributed by atoms with Crippen LogP contribution in [0.15, 0.2) is 51.8 Å². The lowest BCUT2D eigenvalue weighted by atomic mass is 10.1. The zero-order valence-electron chi connectivity index (χ0n) is 15.5. The van der Waals surface area contributed by atoms with Gasteiger partial charge in [-0.15, -0.1) is 0 Å². The van der Waals surface area contributed by atoms with Crippen molar-refractivity contribution in [3.63, 3.8) is 0 Å². The maximum atomic E-state index is 13.0. The minimum atomic E-state index is -3.54. The van der Waals surface area contributed by atoms with Crippen LogP contribution in [-0.2, 0) is 21.2 Å². The Bertz CT molecular complexity index is 934. The quantitative estimate of drug-likeness (QED) is 0.718. The summed E-state index contributed by atoms with van der Waals surface area (Å²) in [4.78, 5) is 14.6. The summed E-state index contributed by atoms with van der Waals surface area (Å²) >= 11 is 3.38. The summed E-state index contributed by atoms with van der Waals surface area (Å²) < 4.78 is 28.4. The highest BCUT2D eigenvalue weighted by Gasteiger charge is 2.31. The number of rotatable bonds is 4. The van der Waals surface area contributed by atoms with Gasteiger partial charge in [-0.2, -0.15) is 4.31 Å². The molecule has 27 heavy (non-hydrogen) atoms. The Morgan fingerprint density at radius 1 is 1.00 bits per heavy atom. The summed E-state index contributed by atoms with van der Waals surface area (Å²) in [5, 5.41) is 0. The fourth-order valence-corrected chi connectivity index (χ4v) is 5.19. The van der Waals surface area contributed by atoms with Crippen LogP contribution in [0, 0.1) is 13.8 Å². The topological polar surface area (TPSA) is 57.7 Å². The van der Waals surface area contributed by atoms with E-state index in [1.165, 1.54) is 4.31 Å². The van der Waals surface area contributed by atoms with Gasteiger partial charge in [0, 0.05) is 30.7 Å². The number of piperazine rings is 1. The first kappa shape index (κ1) is 20.0. The Morgan fingerprint density at radius 3 is 2.26 bits per heavy atom. The lowest BCUT2D eigenvalue weighted by Gasteiger charge is -2.34. The molecule has 0 saturated carbocycles. The molecule has 1 heterocycles. The molecule has 0 spiro atoms. The smallest absolute Gasteiger partial charge is 0.243 e. The third-order valence-electron chi connectivity index (χ3n) is 4.82. The van der Waals surface area contributed by atoms with E-state index >= 15 is 0 Å². The fourth-order valence-electron chi connectivity index (χ4n) is 3.19. The van der Waals surface area contributed by atoms with E-state index < -0.39 is 10.0 Å². The van der Waals surface area contributed by atoms with Crippen molar-refractivity contribution in [3.05, 3.63) is 63.6 Å². The molecule has 1 saturated heterocycles. The van der Waals surface area contributed by atoms with E-state index in [9.17, 15) is 13.2 Å². The fraction of sp³-hybridized carbons (Fsp3) is 0.350. The molecule has 0 atom stereocenters. The van der Waals surface area contributed by atoms with Gasteiger partial charge < -0.3 is 4.90 Å². The molecular formula is C20H23BrN2O3S. The third kappa shape index (κ3) is 4.59. The van der Waals surface area contributed by atoms with E-state index in [1.54, 1.807) is 11.0 Å². The highest BCUT2D eigenvalue weighted by atomic mass is 79.9. The molecule has 1 aliphatic rings. The van der Waals surface area contributed by atoms with Crippen molar-refractivity contribution in [2.45, 2.75) is 25.2 Å². The summed E-state index contributed by atoms with van der Waals surface area (Å²) in [5.41, 5.74) is 2.62. The number of aryl methyl sites for hydroxylation is 2. The molecule has 5 nitrogen and oxygen atoms in total. The molecule has 2 aromatic rings. The molecular weight excluding hydrogens is 428 g/mol. The van der Waals surface area contributed by atoms with Gasteiger partial charge in [-0.1, -0.05) is 40.2 Å². The first-order valence-corrected chi connectivity index (χ1v) is 11.1. The van der Waals surface area contributed by atoms with Gasteiger partial charge in [0.2, 0.25) is 15.9 Å². The predicted molar refractivity (Wildman–Crippen MR) is 109 cm³/mol. The Kier molecular flexibility index (Phi) is 6.03. The summed E-state index contributed by atoms with van der Waals surface area (Å²) in [7, 11) is -3.54. The molecule has 0 aliphatic carbocycles. The zero-order chi connectivity index (χ0) is 19.6. The molecule has 0 aromatic heterocycles. The van der Waals surface area contributed by atoms with E-state index in [0.717, 1.165) is 21.2 Å². The van der Waals surface area contributed by atoms with E-state index in [4.69, 9.17) is 0 Å². The predicted octanol–water partition coefficient (Wildman–Crippen LogP) is 3.14. The number of sulfonamides is 1. The van der Waals surface area contributed by atoms with Crippen LogP contribution < -0.4 is 0 Å². The lowest BCUT2D eigenvalue weighted by Crippen LogP contribution is -2.50. The van der Waals surface area contributed by atoms with E-state index in [2.05, 4.69) is 15.9 Å². The zero-order valence-corrected chi connectivity index (χ0v) is 17.9. The Morgan fingerprint density at radius 2 is 1.63 bits per heavy atom. The minimum absolute atomic E-state index is 0.0288. The summed E-state index contributed by atoms with van der Waals surface area (Å²) in [6.45, 7) is 5.17. The molecule has 2 aromatic carbocycles. The van der Waals surface area contributed by atoms with Crippen LogP contribution in [0.4, 0.5) is 0 Å². The summed E-state index contributed by atoms with van der Waals surface area (Å²) in [6, 6.07) is 13.1. The van der Waals surface area contributed by atoms with Crippen LogP contribution in [0.25, 0.3) is 0 Å². The molecule has 3 rings (SSSR count). The van der Waals surface area contributed by atoms with E-state index in [-0.39, 0.29) is 5.91 Å². The van der Waals surface area contributed by atoms with Crippen LogP contribution in [0.1, 0.15) is 16.7 Å². The van der Waals surface area contributed by atoms with Crippen molar-refractivity contribution in [1.82, 2.24) is 9.21 Å². The number of benzene rings is 2. The van der Waals surface area contributed by atoms with Gasteiger partial charge in [-0.3, -0.25) is 4.79 Å². The maximum absolute atomic E-state index is 13.0. The van der Waals surface area contributed by atoms with Gasteiger partial charge in [0.1, 0.15) is 0 Å². The van der Waals surface area contributed by atoms with E-state index in [0.29, 0.717) is 37.5 Å². The Hall–Kier alpha value is -1.70. The molecule has 1 amide bonds. The van der Waals surface area contributed by atoms with Crippen LogP contribution in [-0.4, -0.2) is 49.7 Å². The highest BCUT2D eigenvalue weighted by Crippen LogP contribution is 2.22. The second kappa shape index (κ2) is 8.12. The Balaban J connectivity index is 1.65. The lowest BCUT2D eigenvalue weighted by molar-refractivity contribution is -0.131. The number of hydrogen-bond acceptors (Lipinski definition) is 3. The molecule has 7 heteroatoms. The monoisotopic (exact) mass is 450 g/mol. The average Bonchev–Trinajstić information content (AvgIpc) is 2.65. The van der Waals surface area contributed by atoms with Crippen LogP contribution in [0.5, 0.6) is 0 Å². The van der Waals surface area contributed by atoms with Crippen molar-refractivity contribution in [3.8, 4) is 0 Å². The maximum Gasteiger partial charge on any atom is 0.243 e. The number of nitrogens with zero attached hydrogens (tertiary/aromatic N) is 2. The molecule has 144 valence electrons. The first-order valence-electron chi connectivity index (χ1n) is 8.87. The van der Waals surface area contributed by atoms with Gasteiger partial charge in [0.05, 0.1) is 11.3 Å². The van der Waals surface area contributed by atoms with Crippen LogP contribution in [0.3, 0.4) is 0 Å². The van der Waals surface area contributed by atoms with Crippen molar-refractivity contribution >= 4 is 31.9 Å². The van der Waals surface area contributed by atoms with Gasteiger partial charge in [-0.25, -0.2) is 8.42 Å². The third-order valence-corrected chi connectivity index (χ3v) is 7.39. The van der Waals surface area contributed by atoms with Gasteiger partial charge in [0.15, 0.2) is 0 Å². The van der Waals surface area contributed by atoms with Crippen molar-refractivity contribution in [1.29, 1.82) is 0 Å². The minimum Gasteiger partial charge on any atom is -0.340 e. The molecule has 0 bridgehead atoms. The number of carbonyl (C=O) groups is 1. The average molecular weight is 451 g/mol. The van der Waals surface area contributed by atoms with Gasteiger partial charge in [-0.05, 0) is 48.7 Å². The number of hydrogen-bond donors (Lipinski definition) is 0. The number of amides is 1. The molecule has 1 aliphatic heterocycles. The van der Waals surface area contributed by atoms with Crippen molar-refractivity contribution < 1.29 is 13.2 Å². The van der Waals surface area contributed by atoms with Crippen LogP contribution >= 0.6 is 15.9 Å². The summed E-state index contributed by atoms with van der Waals surface area (Å²) in [5.74, 6) is 0.0288.